The first kappa shape index (κ1) is 14.4. The van der Waals surface area contributed by atoms with Gasteiger partial charge < -0.3 is 10.6 Å². The van der Waals surface area contributed by atoms with E-state index in [0.29, 0.717) is 22.8 Å². The van der Waals surface area contributed by atoms with Gasteiger partial charge >= 0.3 is 0 Å². The monoisotopic (exact) mass is 288 g/mol. The number of anilines is 1. The van der Waals surface area contributed by atoms with E-state index in [9.17, 15) is 4.79 Å². The molecule has 0 bridgehead atoms. The number of nitrogens with zero attached hydrogens (tertiary/aromatic N) is 1. The lowest BCUT2D eigenvalue weighted by molar-refractivity contribution is 0.0786. The molecule has 3 nitrogen and oxygen atoms in total. The molecule has 0 aliphatic heterocycles. The highest BCUT2D eigenvalue weighted by Gasteiger charge is 2.15. The maximum atomic E-state index is 12.4. The van der Waals surface area contributed by atoms with Gasteiger partial charge in [0.1, 0.15) is 0 Å². The number of hydrogen-bond acceptors (Lipinski definition) is 2. The summed E-state index contributed by atoms with van der Waals surface area (Å²) in [6, 6.07) is 13.0. The van der Waals surface area contributed by atoms with E-state index in [1.807, 2.05) is 43.3 Å². The van der Waals surface area contributed by atoms with Crippen LogP contribution in [0.1, 0.15) is 21.5 Å². The van der Waals surface area contributed by atoms with E-state index in [4.69, 9.17) is 17.3 Å². The summed E-state index contributed by atoms with van der Waals surface area (Å²) in [7, 11) is 1.75. The van der Waals surface area contributed by atoms with Crippen LogP contribution in [0.3, 0.4) is 0 Å². The highest BCUT2D eigenvalue weighted by molar-refractivity contribution is 6.30. The molecular formula is C16H17ClN2O. The molecule has 0 aliphatic carbocycles. The molecule has 1 amide bonds. The van der Waals surface area contributed by atoms with Gasteiger partial charge in [-0.05, 0) is 36.2 Å². The van der Waals surface area contributed by atoms with Gasteiger partial charge in [-0.2, -0.15) is 0 Å². The lowest BCUT2D eigenvalue weighted by Crippen LogP contribution is -2.27. The van der Waals surface area contributed by atoms with E-state index in [1.54, 1.807) is 18.0 Å². The van der Waals surface area contributed by atoms with Crippen molar-refractivity contribution in [1.82, 2.24) is 4.90 Å². The molecule has 2 aromatic carbocycles. The molecule has 0 aliphatic rings. The van der Waals surface area contributed by atoms with Gasteiger partial charge in [0.2, 0.25) is 0 Å². The summed E-state index contributed by atoms with van der Waals surface area (Å²) in [6.45, 7) is 2.38. The van der Waals surface area contributed by atoms with E-state index in [2.05, 4.69) is 0 Å². The number of carbonyl (C=O) groups excluding carboxylic acids is 1. The fourth-order valence-corrected chi connectivity index (χ4v) is 2.27. The van der Waals surface area contributed by atoms with Crippen molar-refractivity contribution in [1.29, 1.82) is 0 Å². The summed E-state index contributed by atoms with van der Waals surface area (Å²) in [5.41, 5.74) is 8.94. The Hall–Kier alpha value is -2.00. The molecule has 0 unspecified atom stereocenters. The Morgan fingerprint density at radius 2 is 1.95 bits per heavy atom. The molecule has 0 saturated carbocycles. The Morgan fingerprint density at radius 1 is 1.25 bits per heavy atom. The lowest BCUT2D eigenvalue weighted by Gasteiger charge is -2.19. The van der Waals surface area contributed by atoms with Crippen molar-refractivity contribution in [3.63, 3.8) is 0 Å². The normalized spacial score (nSPS) is 10.3. The van der Waals surface area contributed by atoms with Crippen LogP contribution in [0, 0.1) is 6.92 Å². The number of amides is 1. The molecule has 0 saturated heterocycles. The minimum atomic E-state index is -0.0915. The van der Waals surface area contributed by atoms with Crippen molar-refractivity contribution in [3.8, 4) is 0 Å². The van der Waals surface area contributed by atoms with Gasteiger partial charge in [-0.3, -0.25) is 4.79 Å². The molecular weight excluding hydrogens is 272 g/mol. The largest absolute Gasteiger partial charge is 0.398 e. The number of aryl methyl sites for hydroxylation is 1. The van der Waals surface area contributed by atoms with Crippen LogP contribution in [0.4, 0.5) is 5.69 Å². The second-order valence-electron chi connectivity index (χ2n) is 4.83. The van der Waals surface area contributed by atoms with Crippen LogP contribution in [0.25, 0.3) is 0 Å². The molecule has 4 heteroatoms. The Kier molecular flexibility index (Phi) is 4.30. The molecule has 2 rings (SSSR count). The van der Waals surface area contributed by atoms with Crippen LogP contribution in [-0.4, -0.2) is 17.9 Å². The van der Waals surface area contributed by atoms with E-state index in [1.165, 1.54) is 0 Å². The molecule has 0 heterocycles. The van der Waals surface area contributed by atoms with Gasteiger partial charge in [-0.1, -0.05) is 35.9 Å². The smallest absolute Gasteiger partial charge is 0.255 e. The van der Waals surface area contributed by atoms with Crippen LogP contribution >= 0.6 is 11.6 Å². The number of hydrogen-bond donors (Lipinski definition) is 1. The van der Waals surface area contributed by atoms with Crippen molar-refractivity contribution < 1.29 is 4.79 Å². The zero-order chi connectivity index (χ0) is 14.7. The van der Waals surface area contributed by atoms with E-state index in [0.717, 1.165) is 11.1 Å². The molecule has 2 aromatic rings. The zero-order valence-electron chi connectivity index (χ0n) is 11.6. The number of rotatable bonds is 3. The predicted molar refractivity (Wildman–Crippen MR) is 82.8 cm³/mol. The molecule has 0 fully saturated rings. The van der Waals surface area contributed by atoms with Crippen LogP contribution in [0.2, 0.25) is 5.02 Å². The molecule has 0 spiro atoms. The maximum absolute atomic E-state index is 12.4. The summed E-state index contributed by atoms with van der Waals surface area (Å²) in [5, 5.41) is 0.665. The third-order valence-electron chi connectivity index (χ3n) is 3.21. The summed E-state index contributed by atoms with van der Waals surface area (Å²) < 4.78 is 0. The number of halogens is 1. The molecule has 0 radical (unpaired) electrons. The van der Waals surface area contributed by atoms with Crippen LogP contribution in [-0.2, 0) is 6.54 Å². The van der Waals surface area contributed by atoms with Crippen LogP contribution in [0.5, 0.6) is 0 Å². The number of para-hydroxylation sites is 1. The van der Waals surface area contributed by atoms with Gasteiger partial charge in [0.15, 0.2) is 0 Å². The second-order valence-corrected chi connectivity index (χ2v) is 5.26. The Labute approximate surface area is 124 Å². The van der Waals surface area contributed by atoms with Crippen LogP contribution < -0.4 is 5.73 Å². The summed E-state index contributed by atoms with van der Waals surface area (Å²) in [6.07, 6.45) is 0. The highest BCUT2D eigenvalue weighted by atomic mass is 35.5. The van der Waals surface area contributed by atoms with Crippen molar-refractivity contribution in [2.45, 2.75) is 13.5 Å². The minimum absolute atomic E-state index is 0.0915. The first-order valence-corrected chi connectivity index (χ1v) is 6.72. The average Bonchev–Trinajstić information content (AvgIpc) is 2.41. The third-order valence-corrected chi connectivity index (χ3v) is 3.45. The first-order chi connectivity index (χ1) is 9.49. The van der Waals surface area contributed by atoms with Gasteiger partial charge in [0, 0.05) is 24.3 Å². The third kappa shape index (κ3) is 3.11. The quantitative estimate of drug-likeness (QED) is 0.879. The van der Waals surface area contributed by atoms with E-state index >= 15 is 0 Å². The fourth-order valence-electron chi connectivity index (χ4n) is 2.05. The molecule has 0 atom stereocenters. The summed E-state index contributed by atoms with van der Waals surface area (Å²) >= 11 is 5.95. The second kappa shape index (κ2) is 5.97. The van der Waals surface area contributed by atoms with Crippen LogP contribution in [0.15, 0.2) is 42.5 Å². The number of benzene rings is 2. The van der Waals surface area contributed by atoms with Crippen molar-refractivity contribution in [3.05, 3.63) is 64.2 Å². The zero-order valence-corrected chi connectivity index (χ0v) is 12.3. The molecule has 20 heavy (non-hydrogen) atoms. The lowest BCUT2D eigenvalue weighted by atomic mass is 10.1. The van der Waals surface area contributed by atoms with Gasteiger partial charge in [-0.25, -0.2) is 0 Å². The first-order valence-electron chi connectivity index (χ1n) is 6.34. The van der Waals surface area contributed by atoms with Gasteiger partial charge in [-0.15, -0.1) is 0 Å². The average molecular weight is 289 g/mol. The van der Waals surface area contributed by atoms with Crippen molar-refractivity contribution in [2.75, 3.05) is 12.8 Å². The summed E-state index contributed by atoms with van der Waals surface area (Å²) in [5.74, 6) is -0.0915. The van der Waals surface area contributed by atoms with E-state index in [-0.39, 0.29) is 5.91 Å². The minimum Gasteiger partial charge on any atom is -0.398 e. The standard InChI is InChI=1S/C16H17ClN2O/c1-11-5-3-8-14(15(11)18)16(20)19(2)10-12-6-4-7-13(17)9-12/h3-9H,10,18H2,1-2H3. The van der Waals surface area contributed by atoms with E-state index < -0.39 is 0 Å². The van der Waals surface area contributed by atoms with Gasteiger partial charge in [0.05, 0.1) is 5.56 Å². The Bertz CT molecular complexity index is 640. The Balaban J connectivity index is 2.19. The Morgan fingerprint density at radius 3 is 2.65 bits per heavy atom. The molecule has 0 aromatic heterocycles. The van der Waals surface area contributed by atoms with Gasteiger partial charge in [0.25, 0.3) is 5.91 Å². The summed E-state index contributed by atoms with van der Waals surface area (Å²) in [4.78, 5) is 14.1. The SMILES string of the molecule is Cc1cccc(C(=O)N(C)Cc2cccc(Cl)c2)c1N. The maximum Gasteiger partial charge on any atom is 0.255 e. The number of carbonyl (C=O) groups is 1. The highest BCUT2D eigenvalue weighted by Crippen LogP contribution is 2.19. The molecule has 104 valence electrons. The van der Waals surface area contributed by atoms with Crippen molar-refractivity contribution in [2.24, 2.45) is 0 Å². The predicted octanol–water partition coefficient (Wildman–Crippen LogP) is 3.50. The fraction of sp³-hybridized carbons (Fsp3) is 0.188. The number of nitrogen functional groups attached to an aromatic ring is 1. The number of nitrogens with two attached hydrogens (primary N) is 1. The molecule has 2 N–H and O–H groups in total. The van der Waals surface area contributed by atoms with Crippen molar-refractivity contribution >= 4 is 23.2 Å². The topological polar surface area (TPSA) is 46.3 Å².